The van der Waals surface area contributed by atoms with Gasteiger partial charge in [-0.25, -0.2) is 0 Å². The number of nitrogens with one attached hydrogen (secondary N) is 3. The van der Waals surface area contributed by atoms with Crippen molar-refractivity contribution in [1.29, 1.82) is 0 Å². The summed E-state index contributed by atoms with van der Waals surface area (Å²) in [4.78, 5) is 6.92. The van der Waals surface area contributed by atoms with Crippen molar-refractivity contribution in [3.05, 3.63) is 0 Å². The molecule has 0 aliphatic carbocycles. The molecule has 4 nitrogen and oxygen atoms in total. The normalized spacial score (nSPS) is 11.2. The molecule has 0 aliphatic heterocycles. The third-order valence-corrected chi connectivity index (χ3v) is 4.04. The molecule has 0 radical (unpaired) electrons. The van der Waals surface area contributed by atoms with Crippen molar-refractivity contribution in [1.82, 2.24) is 15.3 Å². The van der Waals surface area contributed by atoms with Crippen LogP contribution in [0.4, 0.5) is 0 Å². The maximum atomic E-state index is 5.80. The number of hydrogen-bond donors (Lipinski definition) is 3. The van der Waals surface area contributed by atoms with Crippen molar-refractivity contribution in [2.45, 2.75) is 46.5 Å². The quantitative estimate of drug-likeness (QED) is 0.274. The van der Waals surface area contributed by atoms with Crippen molar-refractivity contribution in [2.24, 2.45) is 0 Å². The molecule has 3 N–H and O–H groups in total. The van der Waals surface area contributed by atoms with E-state index in [1.54, 1.807) is 0 Å². The Morgan fingerprint density at radius 2 is 1.50 bits per heavy atom. The topological polar surface area (TPSA) is 45.3 Å². The van der Waals surface area contributed by atoms with Gasteiger partial charge in [-0.3, -0.25) is 5.32 Å². The highest BCUT2D eigenvalue weighted by Crippen LogP contribution is 1.84. The third-order valence-electron chi connectivity index (χ3n) is 2.22. The first-order chi connectivity index (χ1) is 7.85. The Balaban J connectivity index is 3.48. The second-order valence-electron chi connectivity index (χ2n) is 3.95. The van der Waals surface area contributed by atoms with Gasteiger partial charge in [-0.15, -0.1) is 0 Å². The average Bonchev–Trinajstić information content (AvgIpc) is 2.31. The Kier molecular flexibility index (Phi) is 13.2. The summed E-state index contributed by atoms with van der Waals surface area (Å²) >= 11 is 0. The van der Waals surface area contributed by atoms with Crippen molar-refractivity contribution in [3.63, 3.8) is 0 Å². The zero-order valence-electron chi connectivity index (χ0n) is 11.1. The molecule has 0 aliphatic rings. The molecule has 0 rings (SSSR count). The molecule has 98 valence electrons. The molecular formula is C11H29N3OSi. The smallest absolute Gasteiger partial charge is 0.336 e. The summed E-state index contributed by atoms with van der Waals surface area (Å²) in [5.41, 5.74) is 0. The van der Waals surface area contributed by atoms with Crippen LogP contribution < -0.4 is 15.3 Å². The van der Waals surface area contributed by atoms with Gasteiger partial charge in [0.05, 0.1) is 6.73 Å². The highest BCUT2D eigenvalue weighted by Gasteiger charge is 2.09. The van der Waals surface area contributed by atoms with Crippen LogP contribution in [-0.2, 0) is 4.43 Å². The molecule has 0 aromatic rings. The lowest BCUT2D eigenvalue weighted by atomic mass is 10.3. The lowest BCUT2D eigenvalue weighted by Gasteiger charge is -2.18. The largest absolute Gasteiger partial charge is 0.381 e. The van der Waals surface area contributed by atoms with Crippen LogP contribution in [0.3, 0.4) is 0 Å². The summed E-state index contributed by atoms with van der Waals surface area (Å²) in [7, 11) is -1.38. The van der Waals surface area contributed by atoms with Gasteiger partial charge in [0.1, 0.15) is 0 Å². The maximum absolute atomic E-state index is 5.80. The van der Waals surface area contributed by atoms with Crippen molar-refractivity contribution in [2.75, 3.05) is 26.4 Å². The van der Waals surface area contributed by atoms with Gasteiger partial charge in [0.25, 0.3) is 0 Å². The predicted molar refractivity (Wildman–Crippen MR) is 72.6 cm³/mol. The van der Waals surface area contributed by atoms with Crippen molar-refractivity contribution >= 4 is 9.36 Å². The van der Waals surface area contributed by atoms with Crippen molar-refractivity contribution < 1.29 is 4.43 Å². The molecule has 0 saturated carbocycles. The lowest BCUT2D eigenvalue weighted by Crippen LogP contribution is -2.51. The second kappa shape index (κ2) is 13.1. The van der Waals surface area contributed by atoms with Crippen LogP contribution >= 0.6 is 0 Å². The van der Waals surface area contributed by atoms with E-state index in [1.807, 2.05) is 0 Å². The van der Waals surface area contributed by atoms with E-state index in [4.69, 9.17) is 4.43 Å². The van der Waals surface area contributed by atoms with E-state index in [9.17, 15) is 0 Å². The van der Waals surface area contributed by atoms with Gasteiger partial charge < -0.3 is 14.4 Å². The second-order valence-corrected chi connectivity index (χ2v) is 5.86. The first kappa shape index (κ1) is 16.1. The van der Waals surface area contributed by atoms with E-state index in [1.165, 1.54) is 12.8 Å². The number of hydrogen-bond acceptors (Lipinski definition) is 4. The van der Waals surface area contributed by atoms with Gasteiger partial charge in [0.2, 0.25) is 0 Å². The summed E-state index contributed by atoms with van der Waals surface area (Å²) in [6.45, 7) is 10.4. The highest BCUT2D eigenvalue weighted by molar-refractivity contribution is 6.45. The fraction of sp³-hybridized carbons (Fsp3) is 1.00. The van der Waals surface area contributed by atoms with Gasteiger partial charge in [-0.2, -0.15) is 0 Å². The minimum absolute atomic E-state index is 0.671. The van der Waals surface area contributed by atoms with Gasteiger partial charge in [-0.1, -0.05) is 27.2 Å². The molecule has 0 aromatic heterocycles. The Hall–Kier alpha value is 0.0569. The molecule has 0 spiro atoms. The monoisotopic (exact) mass is 247 g/mol. The molecule has 0 fully saturated rings. The first-order valence-corrected chi connectivity index (χ1v) is 8.26. The first-order valence-electron chi connectivity index (χ1n) is 6.64. The van der Waals surface area contributed by atoms with Gasteiger partial charge >= 0.3 is 9.36 Å². The van der Waals surface area contributed by atoms with E-state index in [0.717, 1.165) is 32.5 Å². The minimum Gasteiger partial charge on any atom is -0.381 e. The van der Waals surface area contributed by atoms with E-state index >= 15 is 0 Å². The molecule has 16 heavy (non-hydrogen) atoms. The standard InChI is InChI=1S/C11H29N3OSi/c1-4-7-10-12-11-15-16(13-8-5-2)14-9-6-3/h12-14,16H,4-11H2,1-3H3. The zero-order chi connectivity index (χ0) is 12.1. The zero-order valence-corrected chi connectivity index (χ0v) is 12.3. The van der Waals surface area contributed by atoms with Gasteiger partial charge in [-0.05, 0) is 38.9 Å². The predicted octanol–water partition coefficient (Wildman–Crippen LogP) is 1.07. The molecule has 0 bridgehead atoms. The van der Waals surface area contributed by atoms with Crippen LogP contribution in [0.25, 0.3) is 0 Å². The van der Waals surface area contributed by atoms with E-state index in [-0.39, 0.29) is 0 Å². The Morgan fingerprint density at radius 1 is 0.875 bits per heavy atom. The molecule has 0 heterocycles. The fourth-order valence-electron chi connectivity index (χ4n) is 1.26. The summed E-state index contributed by atoms with van der Waals surface area (Å²) in [5.74, 6) is 0. The van der Waals surface area contributed by atoms with Crippen LogP contribution in [-0.4, -0.2) is 35.7 Å². The molecule has 0 atom stereocenters. The van der Waals surface area contributed by atoms with Crippen LogP contribution in [0, 0.1) is 0 Å². The van der Waals surface area contributed by atoms with Crippen LogP contribution in [0.2, 0.25) is 0 Å². The number of unbranched alkanes of at least 4 members (excludes halogenated alkanes) is 1. The lowest BCUT2D eigenvalue weighted by molar-refractivity contribution is 0.269. The fourth-order valence-corrected chi connectivity index (χ4v) is 3.02. The maximum Gasteiger partial charge on any atom is 0.336 e. The Bertz CT molecular complexity index is 130. The van der Waals surface area contributed by atoms with Crippen molar-refractivity contribution in [3.8, 4) is 0 Å². The molecule has 0 unspecified atom stereocenters. The number of rotatable bonds is 12. The van der Waals surface area contributed by atoms with Gasteiger partial charge in [0, 0.05) is 0 Å². The molecule has 0 aromatic carbocycles. The molecule has 5 heteroatoms. The van der Waals surface area contributed by atoms with Crippen LogP contribution in [0.1, 0.15) is 46.5 Å². The summed E-state index contributed by atoms with van der Waals surface area (Å²) in [6, 6.07) is 0. The summed E-state index contributed by atoms with van der Waals surface area (Å²) in [5, 5.41) is 3.30. The highest BCUT2D eigenvalue weighted by atomic mass is 28.3. The van der Waals surface area contributed by atoms with Crippen LogP contribution in [0.5, 0.6) is 0 Å². The summed E-state index contributed by atoms with van der Waals surface area (Å²) in [6.07, 6.45) is 4.77. The molecular weight excluding hydrogens is 218 g/mol. The van der Waals surface area contributed by atoms with E-state index in [2.05, 4.69) is 36.1 Å². The Morgan fingerprint density at radius 3 is 2.00 bits per heavy atom. The Labute approximate surface area is 102 Å². The third kappa shape index (κ3) is 10.6. The average molecular weight is 247 g/mol. The summed E-state index contributed by atoms with van der Waals surface area (Å²) < 4.78 is 5.80. The van der Waals surface area contributed by atoms with Gasteiger partial charge in [0.15, 0.2) is 0 Å². The SMILES string of the molecule is CCCCNCO[SiH](NCCC)NCCC. The van der Waals surface area contributed by atoms with E-state index in [0.29, 0.717) is 6.73 Å². The minimum atomic E-state index is -1.38. The van der Waals surface area contributed by atoms with E-state index < -0.39 is 9.36 Å². The molecule has 0 amide bonds. The molecule has 0 saturated heterocycles. The van der Waals surface area contributed by atoms with Crippen LogP contribution in [0.15, 0.2) is 0 Å².